The van der Waals surface area contributed by atoms with Crippen molar-refractivity contribution in [3.8, 4) is 5.75 Å². The first-order valence-corrected chi connectivity index (χ1v) is 8.49. The molecule has 0 aromatic heterocycles. The Morgan fingerprint density at radius 1 is 1.04 bits per heavy atom. The van der Waals surface area contributed by atoms with Crippen molar-refractivity contribution in [3.63, 3.8) is 0 Å². The SMILES string of the molecule is CCS(=O)(=O)c1ccc(Cc2cc(C(F)(F)F)ccc2O)cc1. The molecular formula is C16H15F3O3S. The monoisotopic (exact) mass is 344 g/mol. The number of alkyl halides is 3. The maximum atomic E-state index is 12.7. The number of phenols is 1. The molecule has 7 heteroatoms. The summed E-state index contributed by atoms with van der Waals surface area (Å²) in [6, 6.07) is 8.61. The minimum Gasteiger partial charge on any atom is -0.508 e. The summed E-state index contributed by atoms with van der Waals surface area (Å²) in [5, 5.41) is 9.72. The third-order valence-corrected chi connectivity index (χ3v) is 5.21. The van der Waals surface area contributed by atoms with Gasteiger partial charge in [-0.25, -0.2) is 8.42 Å². The first kappa shape index (κ1) is 17.3. The molecular weight excluding hydrogens is 329 g/mol. The number of hydrogen-bond donors (Lipinski definition) is 1. The minimum absolute atomic E-state index is 0.0270. The van der Waals surface area contributed by atoms with Gasteiger partial charge in [0, 0.05) is 6.42 Å². The Balaban J connectivity index is 2.29. The topological polar surface area (TPSA) is 54.4 Å². The highest BCUT2D eigenvalue weighted by atomic mass is 32.2. The predicted octanol–water partition coefficient (Wildman–Crippen LogP) is 3.80. The highest BCUT2D eigenvalue weighted by Crippen LogP contribution is 2.33. The number of aromatic hydroxyl groups is 1. The molecule has 1 N–H and O–H groups in total. The van der Waals surface area contributed by atoms with E-state index in [0.29, 0.717) is 5.56 Å². The van der Waals surface area contributed by atoms with E-state index in [2.05, 4.69) is 0 Å². The third kappa shape index (κ3) is 4.04. The summed E-state index contributed by atoms with van der Waals surface area (Å²) in [6.07, 6.45) is -4.41. The fourth-order valence-corrected chi connectivity index (χ4v) is 2.99. The summed E-state index contributed by atoms with van der Waals surface area (Å²) in [6.45, 7) is 1.53. The van der Waals surface area contributed by atoms with Crippen LogP contribution in [-0.2, 0) is 22.4 Å². The van der Waals surface area contributed by atoms with Gasteiger partial charge in [0.15, 0.2) is 9.84 Å². The van der Waals surface area contributed by atoms with E-state index in [-0.39, 0.29) is 28.4 Å². The van der Waals surface area contributed by atoms with E-state index >= 15 is 0 Å². The molecule has 0 saturated carbocycles. The van der Waals surface area contributed by atoms with Gasteiger partial charge >= 0.3 is 6.18 Å². The molecule has 2 aromatic carbocycles. The maximum absolute atomic E-state index is 12.7. The third-order valence-electron chi connectivity index (χ3n) is 3.46. The van der Waals surface area contributed by atoms with Gasteiger partial charge in [-0.15, -0.1) is 0 Å². The Morgan fingerprint density at radius 2 is 1.65 bits per heavy atom. The van der Waals surface area contributed by atoms with Crippen LogP contribution in [0.5, 0.6) is 5.75 Å². The number of rotatable bonds is 4. The summed E-state index contributed by atoms with van der Waals surface area (Å²) >= 11 is 0. The van der Waals surface area contributed by atoms with Crippen LogP contribution in [0.3, 0.4) is 0 Å². The molecule has 0 amide bonds. The predicted molar refractivity (Wildman–Crippen MR) is 80.1 cm³/mol. The van der Waals surface area contributed by atoms with E-state index in [1.165, 1.54) is 31.2 Å². The number of halogens is 3. The molecule has 0 saturated heterocycles. The lowest BCUT2D eigenvalue weighted by molar-refractivity contribution is -0.137. The molecule has 2 rings (SSSR count). The van der Waals surface area contributed by atoms with E-state index in [0.717, 1.165) is 18.2 Å². The van der Waals surface area contributed by atoms with Crippen LogP contribution < -0.4 is 0 Å². The molecule has 124 valence electrons. The smallest absolute Gasteiger partial charge is 0.416 e. The van der Waals surface area contributed by atoms with Crippen molar-refractivity contribution in [3.05, 3.63) is 59.2 Å². The van der Waals surface area contributed by atoms with Crippen LogP contribution in [0.15, 0.2) is 47.4 Å². The Hall–Kier alpha value is -2.02. The Morgan fingerprint density at radius 3 is 2.17 bits per heavy atom. The van der Waals surface area contributed by atoms with E-state index in [1.54, 1.807) is 0 Å². The second-order valence-electron chi connectivity index (χ2n) is 5.07. The zero-order valence-corrected chi connectivity index (χ0v) is 13.1. The van der Waals surface area contributed by atoms with Crippen molar-refractivity contribution in [2.24, 2.45) is 0 Å². The second kappa shape index (κ2) is 6.23. The molecule has 0 aliphatic carbocycles. The van der Waals surface area contributed by atoms with Gasteiger partial charge in [0.25, 0.3) is 0 Å². The number of phenolic OH excluding ortho intramolecular Hbond substituents is 1. The Bertz CT molecular complexity index is 794. The molecule has 0 heterocycles. The van der Waals surface area contributed by atoms with E-state index < -0.39 is 21.6 Å². The average molecular weight is 344 g/mol. The highest BCUT2D eigenvalue weighted by molar-refractivity contribution is 7.91. The van der Waals surface area contributed by atoms with Gasteiger partial charge in [-0.05, 0) is 41.5 Å². The van der Waals surface area contributed by atoms with Crippen LogP contribution in [0, 0.1) is 0 Å². The Kier molecular flexibility index (Phi) is 4.70. The van der Waals surface area contributed by atoms with Crippen LogP contribution in [0.4, 0.5) is 13.2 Å². The zero-order valence-electron chi connectivity index (χ0n) is 12.3. The van der Waals surface area contributed by atoms with Crippen LogP contribution in [-0.4, -0.2) is 19.3 Å². The van der Waals surface area contributed by atoms with Gasteiger partial charge in [0.1, 0.15) is 5.75 Å². The van der Waals surface area contributed by atoms with Crippen LogP contribution in [0.25, 0.3) is 0 Å². The molecule has 3 nitrogen and oxygen atoms in total. The highest BCUT2D eigenvalue weighted by Gasteiger charge is 2.31. The molecule has 0 spiro atoms. The largest absolute Gasteiger partial charge is 0.508 e. The molecule has 0 aliphatic heterocycles. The second-order valence-corrected chi connectivity index (χ2v) is 7.34. The first-order valence-electron chi connectivity index (χ1n) is 6.84. The lowest BCUT2D eigenvalue weighted by Gasteiger charge is -2.11. The summed E-state index contributed by atoms with van der Waals surface area (Å²) < 4.78 is 61.6. The summed E-state index contributed by atoms with van der Waals surface area (Å²) in [5.41, 5.74) is -0.101. The van der Waals surface area contributed by atoms with Crippen molar-refractivity contribution in [2.75, 3.05) is 5.75 Å². The van der Waals surface area contributed by atoms with Crippen LogP contribution in [0.1, 0.15) is 23.6 Å². The molecule has 0 unspecified atom stereocenters. The van der Waals surface area contributed by atoms with Crippen molar-refractivity contribution in [2.45, 2.75) is 24.4 Å². The maximum Gasteiger partial charge on any atom is 0.416 e. The molecule has 23 heavy (non-hydrogen) atoms. The fraction of sp³-hybridized carbons (Fsp3) is 0.250. The zero-order chi connectivity index (χ0) is 17.3. The standard InChI is InChI=1S/C16H15F3O3S/c1-2-23(21,22)14-6-3-11(4-7-14)9-12-10-13(16(17,18)19)5-8-15(12)20/h3-8,10,20H,2,9H2,1H3. The van der Waals surface area contributed by atoms with Crippen molar-refractivity contribution in [1.29, 1.82) is 0 Å². The van der Waals surface area contributed by atoms with Gasteiger partial charge in [-0.1, -0.05) is 19.1 Å². The van der Waals surface area contributed by atoms with E-state index in [1.807, 2.05) is 0 Å². The molecule has 0 bridgehead atoms. The fourth-order valence-electron chi connectivity index (χ4n) is 2.10. The van der Waals surface area contributed by atoms with Crippen molar-refractivity contribution < 1.29 is 26.7 Å². The van der Waals surface area contributed by atoms with Crippen molar-refractivity contribution >= 4 is 9.84 Å². The summed E-state index contributed by atoms with van der Waals surface area (Å²) in [7, 11) is -3.32. The van der Waals surface area contributed by atoms with Gasteiger partial charge in [-0.3, -0.25) is 0 Å². The lowest BCUT2D eigenvalue weighted by Crippen LogP contribution is -2.06. The average Bonchev–Trinajstić information content (AvgIpc) is 2.49. The number of sulfone groups is 1. The van der Waals surface area contributed by atoms with Crippen LogP contribution >= 0.6 is 0 Å². The van der Waals surface area contributed by atoms with E-state index in [4.69, 9.17) is 0 Å². The molecule has 0 atom stereocenters. The van der Waals surface area contributed by atoms with Gasteiger partial charge in [0.2, 0.25) is 0 Å². The Labute approximate surface area is 132 Å². The normalized spacial score (nSPS) is 12.3. The molecule has 0 radical (unpaired) electrons. The minimum atomic E-state index is -4.48. The molecule has 0 aliphatic rings. The molecule has 2 aromatic rings. The van der Waals surface area contributed by atoms with Crippen LogP contribution in [0.2, 0.25) is 0 Å². The first-order chi connectivity index (χ1) is 10.6. The number of hydrogen-bond acceptors (Lipinski definition) is 3. The summed E-state index contributed by atoms with van der Waals surface area (Å²) in [4.78, 5) is 0.164. The van der Waals surface area contributed by atoms with Gasteiger partial charge in [-0.2, -0.15) is 13.2 Å². The number of benzene rings is 2. The quantitative estimate of drug-likeness (QED) is 0.918. The lowest BCUT2D eigenvalue weighted by atomic mass is 10.0. The van der Waals surface area contributed by atoms with E-state index in [9.17, 15) is 26.7 Å². The van der Waals surface area contributed by atoms with Crippen molar-refractivity contribution in [1.82, 2.24) is 0 Å². The van der Waals surface area contributed by atoms with Gasteiger partial charge < -0.3 is 5.11 Å². The van der Waals surface area contributed by atoms with Gasteiger partial charge in [0.05, 0.1) is 16.2 Å². The summed E-state index contributed by atoms with van der Waals surface area (Å²) in [5.74, 6) is -0.260. The molecule has 0 fully saturated rings.